The molecule has 0 aliphatic rings. The van der Waals surface area contributed by atoms with Crippen LogP contribution in [0.15, 0.2) is 60.7 Å². The van der Waals surface area contributed by atoms with Crippen LogP contribution >= 0.6 is 0 Å². The molecule has 0 heterocycles. The Hall–Kier alpha value is -2.62. The monoisotopic (exact) mass is 339 g/mol. The summed E-state index contributed by atoms with van der Waals surface area (Å²) in [5, 5.41) is 2.81. The van der Waals surface area contributed by atoms with Gasteiger partial charge in [-0.05, 0) is 24.0 Å². The molecule has 0 spiro atoms. The average molecular weight is 339 g/mol. The van der Waals surface area contributed by atoms with Crippen LogP contribution in [0.5, 0.6) is 0 Å². The molecule has 4 heteroatoms. The number of nitrogens with one attached hydrogen (secondary N) is 1. The molecule has 1 amide bonds. The van der Waals surface area contributed by atoms with Gasteiger partial charge in [-0.1, -0.05) is 74.5 Å². The van der Waals surface area contributed by atoms with E-state index in [1.165, 1.54) is 0 Å². The van der Waals surface area contributed by atoms with Crippen molar-refractivity contribution in [3.05, 3.63) is 71.8 Å². The van der Waals surface area contributed by atoms with E-state index >= 15 is 0 Å². The summed E-state index contributed by atoms with van der Waals surface area (Å²) < 4.78 is 5.56. The average Bonchev–Trinajstić information content (AvgIpc) is 2.61. The van der Waals surface area contributed by atoms with Gasteiger partial charge in [-0.25, -0.2) is 4.79 Å². The van der Waals surface area contributed by atoms with Gasteiger partial charge in [0.15, 0.2) is 0 Å². The number of carbonyl (C=O) groups excluding carboxylic acids is 2. The minimum Gasteiger partial charge on any atom is -0.456 e. The van der Waals surface area contributed by atoms with E-state index in [-0.39, 0.29) is 24.3 Å². The third-order valence-electron chi connectivity index (χ3n) is 4.01. The molecule has 0 aliphatic heterocycles. The normalized spacial score (nSPS) is 13.1. The molecule has 2 atom stereocenters. The Morgan fingerprint density at radius 2 is 1.48 bits per heavy atom. The molecule has 2 aromatic rings. The zero-order chi connectivity index (χ0) is 18.2. The van der Waals surface area contributed by atoms with Gasteiger partial charge < -0.3 is 10.1 Å². The predicted molar refractivity (Wildman–Crippen MR) is 97.9 cm³/mol. The molecular formula is C21H25NO3. The summed E-state index contributed by atoms with van der Waals surface area (Å²) in [6, 6.07) is 18.3. The van der Waals surface area contributed by atoms with Crippen LogP contribution in [0.25, 0.3) is 0 Å². The smallest absolute Gasteiger partial charge is 0.329 e. The lowest BCUT2D eigenvalue weighted by atomic mass is 10.0. The molecule has 132 valence electrons. The Bertz CT molecular complexity index is 683. The van der Waals surface area contributed by atoms with Crippen molar-refractivity contribution in [2.75, 3.05) is 0 Å². The molecule has 0 aliphatic carbocycles. The van der Waals surface area contributed by atoms with Gasteiger partial charge >= 0.3 is 5.97 Å². The van der Waals surface area contributed by atoms with Crippen LogP contribution in [-0.4, -0.2) is 17.9 Å². The van der Waals surface area contributed by atoms with Crippen LogP contribution in [0, 0.1) is 5.92 Å². The van der Waals surface area contributed by atoms with Gasteiger partial charge in [0.1, 0.15) is 12.1 Å². The number of rotatable bonds is 7. The maximum absolute atomic E-state index is 12.5. The summed E-state index contributed by atoms with van der Waals surface area (Å²) in [6.07, 6.45) is -0.119. The summed E-state index contributed by atoms with van der Waals surface area (Å²) in [6.45, 7) is 5.61. The fraction of sp³-hybridized carbons (Fsp3) is 0.333. The summed E-state index contributed by atoms with van der Waals surface area (Å²) in [5.74, 6) is -0.655. The molecule has 2 aromatic carbocycles. The molecule has 0 radical (unpaired) electrons. The van der Waals surface area contributed by atoms with Crippen molar-refractivity contribution in [1.29, 1.82) is 0 Å². The largest absolute Gasteiger partial charge is 0.456 e. The minimum absolute atomic E-state index is 0.0600. The van der Waals surface area contributed by atoms with Gasteiger partial charge in [0.25, 0.3) is 0 Å². The molecule has 0 fully saturated rings. The van der Waals surface area contributed by atoms with Crippen LogP contribution in [0.2, 0.25) is 0 Å². The Labute approximate surface area is 149 Å². The summed E-state index contributed by atoms with van der Waals surface area (Å²) in [5.41, 5.74) is 1.84. The van der Waals surface area contributed by atoms with E-state index in [2.05, 4.69) is 5.32 Å². The third-order valence-corrected chi connectivity index (χ3v) is 4.01. The molecule has 0 saturated carbocycles. The van der Waals surface area contributed by atoms with Crippen molar-refractivity contribution >= 4 is 11.9 Å². The highest BCUT2D eigenvalue weighted by Crippen LogP contribution is 2.18. The summed E-state index contributed by atoms with van der Waals surface area (Å²) >= 11 is 0. The van der Waals surface area contributed by atoms with E-state index in [0.717, 1.165) is 11.1 Å². The fourth-order valence-electron chi connectivity index (χ4n) is 2.54. The first kappa shape index (κ1) is 18.7. The van der Waals surface area contributed by atoms with Crippen LogP contribution in [-0.2, 0) is 20.7 Å². The van der Waals surface area contributed by atoms with Gasteiger partial charge in [-0.2, -0.15) is 0 Å². The summed E-state index contributed by atoms with van der Waals surface area (Å²) in [7, 11) is 0. The van der Waals surface area contributed by atoms with E-state index in [1.807, 2.05) is 81.4 Å². The number of benzene rings is 2. The lowest BCUT2D eigenvalue weighted by Gasteiger charge is -2.23. The minimum atomic E-state index is -0.664. The first-order valence-electron chi connectivity index (χ1n) is 8.56. The number of esters is 1. The number of amides is 1. The number of hydrogen-bond acceptors (Lipinski definition) is 3. The van der Waals surface area contributed by atoms with Gasteiger partial charge in [-0.15, -0.1) is 0 Å². The maximum atomic E-state index is 12.5. The van der Waals surface area contributed by atoms with E-state index in [9.17, 15) is 9.59 Å². The number of carbonyl (C=O) groups is 2. The zero-order valence-corrected chi connectivity index (χ0v) is 14.9. The molecule has 25 heavy (non-hydrogen) atoms. The standard InChI is InChI=1S/C21H25NO3/c1-15(2)20(22-19(23)14-17-10-6-4-7-11-17)21(24)25-16(3)18-12-8-5-9-13-18/h4-13,15-16,20H,14H2,1-3H3,(H,22,23)/t16-,20+/m1/s1. The first-order chi connectivity index (χ1) is 12.0. The Kier molecular flexibility index (Phi) is 6.75. The highest BCUT2D eigenvalue weighted by Gasteiger charge is 2.27. The lowest BCUT2D eigenvalue weighted by molar-refractivity contribution is -0.154. The lowest BCUT2D eigenvalue weighted by Crippen LogP contribution is -2.46. The van der Waals surface area contributed by atoms with E-state index < -0.39 is 12.0 Å². The van der Waals surface area contributed by atoms with Gasteiger partial charge in [-0.3, -0.25) is 4.79 Å². The van der Waals surface area contributed by atoms with E-state index in [1.54, 1.807) is 0 Å². The first-order valence-corrected chi connectivity index (χ1v) is 8.56. The second-order valence-corrected chi connectivity index (χ2v) is 6.44. The highest BCUT2D eigenvalue weighted by atomic mass is 16.5. The maximum Gasteiger partial charge on any atom is 0.329 e. The number of hydrogen-bond donors (Lipinski definition) is 1. The zero-order valence-electron chi connectivity index (χ0n) is 14.9. The van der Waals surface area contributed by atoms with Crippen molar-refractivity contribution in [2.24, 2.45) is 5.92 Å². The second-order valence-electron chi connectivity index (χ2n) is 6.44. The molecule has 1 N–H and O–H groups in total. The van der Waals surface area contributed by atoms with Crippen LogP contribution in [0.3, 0.4) is 0 Å². The summed E-state index contributed by atoms with van der Waals surface area (Å²) in [4.78, 5) is 24.8. The van der Waals surface area contributed by atoms with Crippen LogP contribution in [0.1, 0.15) is 38.0 Å². The molecule has 0 saturated heterocycles. The van der Waals surface area contributed by atoms with Crippen LogP contribution < -0.4 is 5.32 Å². The molecule has 4 nitrogen and oxygen atoms in total. The van der Waals surface area contributed by atoms with E-state index in [0.29, 0.717) is 0 Å². The van der Waals surface area contributed by atoms with Crippen molar-refractivity contribution in [3.8, 4) is 0 Å². The molecular weight excluding hydrogens is 314 g/mol. The molecule has 2 rings (SSSR count). The van der Waals surface area contributed by atoms with Gasteiger partial charge in [0, 0.05) is 0 Å². The SMILES string of the molecule is CC(C)[C@H](NC(=O)Cc1ccccc1)C(=O)O[C@H](C)c1ccccc1. The van der Waals surface area contributed by atoms with Gasteiger partial charge in [0.05, 0.1) is 6.42 Å². The van der Waals surface area contributed by atoms with Crippen molar-refractivity contribution in [1.82, 2.24) is 5.32 Å². The number of ether oxygens (including phenoxy) is 1. The quantitative estimate of drug-likeness (QED) is 0.783. The molecule has 0 bridgehead atoms. The topological polar surface area (TPSA) is 55.4 Å². The van der Waals surface area contributed by atoms with Crippen molar-refractivity contribution < 1.29 is 14.3 Å². The van der Waals surface area contributed by atoms with Gasteiger partial charge in [0.2, 0.25) is 5.91 Å². The highest BCUT2D eigenvalue weighted by molar-refractivity contribution is 5.85. The van der Waals surface area contributed by atoms with Crippen molar-refractivity contribution in [3.63, 3.8) is 0 Å². The fourth-order valence-corrected chi connectivity index (χ4v) is 2.54. The Balaban J connectivity index is 1.97. The van der Waals surface area contributed by atoms with Crippen LogP contribution in [0.4, 0.5) is 0 Å². The predicted octanol–water partition coefficient (Wildman–Crippen LogP) is 3.67. The Morgan fingerprint density at radius 3 is 2.04 bits per heavy atom. The molecule has 0 aromatic heterocycles. The third kappa shape index (κ3) is 5.75. The van der Waals surface area contributed by atoms with Crippen molar-refractivity contribution in [2.45, 2.75) is 39.3 Å². The van der Waals surface area contributed by atoms with E-state index in [4.69, 9.17) is 4.74 Å². The molecule has 0 unspecified atom stereocenters. The Morgan fingerprint density at radius 1 is 0.920 bits per heavy atom. The second kappa shape index (κ2) is 9.02.